The van der Waals surface area contributed by atoms with Crippen LogP contribution in [-0.2, 0) is 32.5 Å². The molecular weight excluding hydrogens is 1750 g/mol. The van der Waals surface area contributed by atoms with Crippen molar-refractivity contribution in [3.8, 4) is 69.0 Å². The number of aromatic hydroxyl groups is 12. The van der Waals surface area contributed by atoms with Gasteiger partial charge in [0.2, 0.25) is 0 Å². The smallest absolute Gasteiger partial charge is 0.118 e. The van der Waals surface area contributed by atoms with Crippen LogP contribution in [0.3, 0.4) is 0 Å². The summed E-state index contributed by atoms with van der Waals surface area (Å²) in [6.45, 7) is 26.0. The fourth-order valence-electron chi connectivity index (χ4n) is 33.3. The molecule has 142 heavy (non-hydrogen) atoms. The average molecular weight is 1910 g/mol. The molecule has 744 valence electrons. The first-order chi connectivity index (χ1) is 67.9. The van der Waals surface area contributed by atoms with Crippen molar-refractivity contribution >= 4 is 0 Å². The molecule has 12 heteroatoms. The highest BCUT2D eigenvalue weighted by Crippen LogP contribution is 2.72. The predicted octanol–water partition coefficient (Wildman–Crippen LogP) is 30.4. The summed E-state index contributed by atoms with van der Waals surface area (Å²) < 4.78 is 0. The highest BCUT2D eigenvalue weighted by molar-refractivity contribution is 5.57. The van der Waals surface area contributed by atoms with Crippen molar-refractivity contribution in [3.05, 3.63) is 355 Å². The van der Waals surface area contributed by atoms with Crippen LogP contribution >= 0.6 is 0 Å². The summed E-state index contributed by atoms with van der Waals surface area (Å²) in [4.78, 5) is 0. The fraction of sp³-hybridized carbons (Fsp3) is 0.446. The molecule has 0 aromatic heterocycles. The first-order valence-corrected chi connectivity index (χ1v) is 53.5. The second kappa shape index (κ2) is 38.7. The van der Waals surface area contributed by atoms with Crippen molar-refractivity contribution in [1.82, 2.24) is 0 Å². The number of fused-ring (bicyclic) bond motifs is 14. The number of aryl methyl sites for hydroxylation is 6. The summed E-state index contributed by atoms with van der Waals surface area (Å²) >= 11 is 0. The van der Waals surface area contributed by atoms with Crippen molar-refractivity contribution in [2.75, 3.05) is 0 Å². The largest absolute Gasteiger partial charge is 0.508 e. The van der Waals surface area contributed by atoms with Gasteiger partial charge in [0.05, 0.1) is 0 Å². The lowest BCUT2D eigenvalue weighted by Crippen LogP contribution is -2.50. The second-order valence-electron chi connectivity index (χ2n) is 47.4. The van der Waals surface area contributed by atoms with E-state index in [1.54, 1.807) is 48.5 Å². The molecule has 12 fully saturated rings. The molecule has 14 atom stereocenters. The number of phenols is 12. The molecule has 8 bridgehead atoms. The standard InChI is InChI=1S/C24H28O2.C23H30O2.C22H24O2.C21H24O2.C21H26O2.C19H20O2/c1-14-10-17(6-8-22(14)25)24(18-7-9-23(26)15(2)11-18)13-16-12-21(24)20-5-3-4-19(16)20;1-15-13-18(8-10-20(15)24)23(17(3)7-6-12-22(23,4)5)19-9-11-21(25)16(2)14-19;23-17-8-4-15(5-9-17)22(16-6-10-18(24)11-7-16)13-14-12-21(22)20-3-1-2-19(14)20;1-13-9-16(5-7-19(13)22)21(12-15-3-4-18(21)11-15)17-6-8-20(23)14(2)10-17;1-15-5-4-14-20(2,3)21(15,16-6-10-18(22)11-7-16)17-8-12-19(23)13-9-17;20-17-7-3-14(4-8-17)19(12-13-1-2-16(19)11-13)15-5-9-18(21)10-6-15/h6-11,16,19-21,25-26H,3-5,12-13H2,1-2H3;8-11,13-14,17,24-25H,6-7,12H2,1-5H3;4-11,14,19-21,23-24H,1-3,12-13H2;5-10,15,18,22-23H,3-4,11-12H2,1-2H3;6-13,15,22-23H,4-5,14H2,1-3H3;3-10,13,16,20-21H,1-2,11-12H2. The van der Waals surface area contributed by atoms with E-state index in [9.17, 15) is 61.3 Å². The van der Waals surface area contributed by atoms with Crippen molar-refractivity contribution in [2.45, 2.75) is 270 Å². The van der Waals surface area contributed by atoms with Gasteiger partial charge in [-0.05, 0) is 460 Å². The summed E-state index contributed by atoms with van der Waals surface area (Å²) in [6.07, 6.45) is 30.9. The van der Waals surface area contributed by atoms with Crippen LogP contribution in [0.4, 0.5) is 0 Å². The number of hydrogen-bond acceptors (Lipinski definition) is 12. The van der Waals surface area contributed by atoms with E-state index in [0.717, 1.165) is 87.1 Å². The molecule has 12 aliphatic rings. The van der Waals surface area contributed by atoms with E-state index in [1.165, 1.54) is 214 Å². The van der Waals surface area contributed by atoms with Gasteiger partial charge in [-0.15, -0.1) is 0 Å². The number of rotatable bonds is 12. The van der Waals surface area contributed by atoms with Crippen LogP contribution in [0.15, 0.2) is 255 Å². The minimum Gasteiger partial charge on any atom is -0.508 e. The molecule has 0 amide bonds. The van der Waals surface area contributed by atoms with Gasteiger partial charge < -0.3 is 61.3 Å². The average Bonchev–Trinajstić information content (AvgIpc) is 1.49. The van der Waals surface area contributed by atoms with Crippen LogP contribution in [-0.4, -0.2) is 61.3 Å². The van der Waals surface area contributed by atoms with Gasteiger partial charge in [-0.25, -0.2) is 0 Å². The lowest BCUT2D eigenvalue weighted by Gasteiger charge is -2.55. The Labute approximate surface area is 843 Å². The molecule has 12 N–H and O–H groups in total. The van der Waals surface area contributed by atoms with E-state index in [-0.39, 0.29) is 43.3 Å². The number of hydrogen-bond donors (Lipinski definition) is 12. The summed E-state index contributed by atoms with van der Waals surface area (Å²) in [5.74, 6) is 14.7. The zero-order valence-electron chi connectivity index (χ0n) is 85.7. The third-order valence-electron chi connectivity index (χ3n) is 39.6. The monoisotopic (exact) mass is 1910 g/mol. The Morgan fingerprint density at radius 3 is 0.718 bits per heavy atom. The molecule has 12 aromatic carbocycles. The van der Waals surface area contributed by atoms with E-state index in [1.807, 2.05) is 102 Å². The van der Waals surface area contributed by atoms with Crippen LogP contribution in [0, 0.1) is 135 Å². The first-order valence-electron chi connectivity index (χ1n) is 53.5. The van der Waals surface area contributed by atoms with E-state index < -0.39 is 0 Å². The van der Waals surface area contributed by atoms with E-state index in [2.05, 4.69) is 187 Å². The molecule has 24 rings (SSSR count). The van der Waals surface area contributed by atoms with Crippen molar-refractivity contribution in [3.63, 3.8) is 0 Å². The van der Waals surface area contributed by atoms with Gasteiger partial charge in [0.15, 0.2) is 0 Å². The van der Waals surface area contributed by atoms with Crippen molar-refractivity contribution < 1.29 is 61.3 Å². The van der Waals surface area contributed by atoms with Crippen molar-refractivity contribution in [2.24, 2.45) is 93.7 Å². The minimum atomic E-state index is -0.137. The van der Waals surface area contributed by atoms with Gasteiger partial charge in [-0.1, -0.05) is 226 Å². The second-order valence-corrected chi connectivity index (χ2v) is 47.4. The maximum atomic E-state index is 10.1. The van der Waals surface area contributed by atoms with E-state index >= 15 is 0 Å². The topological polar surface area (TPSA) is 243 Å². The van der Waals surface area contributed by atoms with Gasteiger partial charge in [0, 0.05) is 32.5 Å². The molecule has 0 heterocycles. The van der Waals surface area contributed by atoms with Crippen LogP contribution in [0.25, 0.3) is 0 Å². The van der Waals surface area contributed by atoms with Crippen LogP contribution in [0.1, 0.15) is 296 Å². The Bertz CT molecular complexity index is 6210. The van der Waals surface area contributed by atoms with Crippen LogP contribution < -0.4 is 0 Å². The van der Waals surface area contributed by atoms with Crippen LogP contribution in [0.5, 0.6) is 69.0 Å². The zero-order chi connectivity index (χ0) is 100. The molecule has 12 aromatic rings. The maximum Gasteiger partial charge on any atom is 0.118 e. The molecule has 14 unspecified atom stereocenters. The molecule has 0 aliphatic heterocycles. The molecule has 0 spiro atoms. The van der Waals surface area contributed by atoms with Gasteiger partial charge in [0.25, 0.3) is 0 Å². The third-order valence-corrected chi connectivity index (χ3v) is 39.6. The van der Waals surface area contributed by atoms with Gasteiger partial charge in [-0.2, -0.15) is 0 Å². The van der Waals surface area contributed by atoms with Gasteiger partial charge in [-0.3, -0.25) is 0 Å². The molecule has 12 saturated carbocycles. The summed E-state index contributed by atoms with van der Waals surface area (Å²) in [6, 6.07) is 83.5. The Kier molecular flexibility index (Phi) is 27.0. The molecule has 12 aliphatic carbocycles. The lowest BCUT2D eigenvalue weighted by atomic mass is 9.48. The Balaban J connectivity index is 0.000000108. The van der Waals surface area contributed by atoms with E-state index in [0.29, 0.717) is 105 Å². The molecule has 0 radical (unpaired) electrons. The number of phenolic OH excluding ortho intramolecular Hbond substituents is 12. The minimum absolute atomic E-state index is 0.0348. The van der Waals surface area contributed by atoms with Crippen LogP contribution in [0.2, 0.25) is 0 Å². The third kappa shape index (κ3) is 17.1. The highest BCUT2D eigenvalue weighted by Gasteiger charge is 2.65. The van der Waals surface area contributed by atoms with Gasteiger partial charge in [0.1, 0.15) is 69.0 Å². The molecule has 0 saturated heterocycles. The predicted molar refractivity (Wildman–Crippen MR) is 569 cm³/mol. The maximum absolute atomic E-state index is 10.1. The Morgan fingerprint density at radius 1 is 0.218 bits per heavy atom. The lowest BCUT2D eigenvalue weighted by molar-refractivity contribution is 0.0740. The summed E-state index contributed by atoms with van der Waals surface area (Å²) in [5.41, 5.74) is 21.4. The quantitative estimate of drug-likeness (QED) is 0.0547. The van der Waals surface area contributed by atoms with Gasteiger partial charge >= 0.3 is 0 Å². The van der Waals surface area contributed by atoms with Crippen molar-refractivity contribution in [1.29, 1.82) is 0 Å². The highest BCUT2D eigenvalue weighted by atomic mass is 16.3. The fourth-order valence-corrected chi connectivity index (χ4v) is 33.3. The normalized spacial score (nSPS) is 26.7. The molecule has 12 nitrogen and oxygen atoms in total. The zero-order valence-corrected chi connectivity index (χ0v) is 85.7. The molecular formula is C130H152O12. The summed E-state index contributed by atoms with van der Waals surface area (Å²) in [7, 11) is 0. The summed E-state index contributed by atoms with van der Waals surface area (Å²) in [5, 5.41) is 118. The van der Waals surface area contributed by atoms with E-state index in [4.69, 9.17) is 0 Å². The Morgan fingerprint density at radius 2 is 0.451 bits per heavy atom. The number of benzene rings is 12. The first kappa shape index (κ1) is 99.0. The Hall–Kier alpha value is -11.8. The SMILES string of the molecule is CC1CCCC(C)(C)C1(c1ccc(O)cc1)c1ccc(O)cc1.Cc1cc(C2(c3ccc(O)c(C)c3)C(C)CCCC2(C)C)ccc1O.Cc1cc(C2(c3ccc(O)c(C)c3)CC3CC2C2CCCC32)ccc1O.Cc1cc(C2(c3ccc(O)c(C)c3)CC3CCC2C3)ccc1O.Oc1ccc(C2(c3ccc(O)cc3)CC3CC2C2CCCC32)cc1.Oc1ccc(C2(c3ccc(O)cc3)CC3CCC2C3)cc1.